The van der Waals surface area contributed by atoms with Crippen LogP contribution in [0.4, 0.5) is 5.69 Å². The summed E-state index contributed by atoms with van der Waals surface area (Å²) >= 11 is 0. The van der Waals surface area contributed by atoms with E-state index < -0.39 is 17.8 Å². The lowest BCUT2D eigenvalue weighted by molar-refractivity contribution is -0.142. The van der Waals surface area contributed by atoms with Gasteiger partial charge in [0.1, 0.15) is 0 Å². The molecule has 1 rings (SSSR count). The zero-order chi connectivity index (χ0) is 16.2. The number of anilines is 1. The fourth-order valence-electron chi connectivity index (χ4n) is 2.28. The summed E-state index contributed by atoms with van der Waals surface area (Å²) < 4.78 is 0. The zero-order valence-electron chi connectivity index (χ0n) is 13.1. The highest BCUT2D eigenvalue weighted by molar-refractivity contribution is 5.94. The quantitative estimate of drug-likeness (QED) is 0.751. The van der Waals surface area contributed by atoms with Gasteiger partial charge in [0.25, 0.3) is 0 Å². The lowest BCUT2D eigenvalue weighted by atomic mass is 9.84. The Morgan fingerprint density at radius 2 is 1.95 bits per heavy atom. The maximum absolute atomic E-state index is 11.3. The maximum atomic E-state index is 11.3. The molecule has 0 aliphatic rings. The third-order valence-electron chi connectivity index (χ3n) is 3.25. The van der Waals surface area contributed by atoms with E-state index in [2.05, 4.69) is 5.32 Å². The standard InChI is InChI=1S/C16H24N2O3/c1-10-7-12(5-6-13(10)14(17)19)18-9-11(15(20)21)8-16(2,3)4/h5-7,11,18H,8-9H2,1-4H3,(H2,17,19)(H,20,21). The second kappa shape index (κ2) is 6.61. The molecule has 0 aliphatic carbocycles. The van der Waals surface area contributed by atoms with Gasteiger partial charge in [-0.2, -0.15) is 0 Å². The first-order valence-electron chi connectivity index (χ1n) is 6.97. The predicted molar refractivity (Wildman–Crippen MR) is 83.4 cm³/mol. The van der Waals surface area contributed by atoms with Crippen LogP contribution in [-0.4, -0.2) is 23.5 Å². The van der Waals surface area contributed by atoms with Gasteiger partial charge in [-0.05, 0) is 42.5 Å². The number of hydrogen-bond acceptors (Lipinski definition) is 3. The van der Waals surface area contributed by atoms with Gasteiger partial charge in [0.2, 0.25) is 5.91 Å². The number of carbonyl (C=O) groups is 2. The molecule has 5 nitrogen and oxygen atoms in total. The highest BCUT2D eigenvalue weighted by atomic mass is 16.4. The van der Waals surface area contributed by atoms with Gasteiger partial charge < -0.3 is 16.2 Å². The highest BCUT2D eigenvalue weighted by Crippen LogP contribution is 2.25. The number of hydrogen-bond donors (Lipinski definition) is 3. The molecule has 5 heteroatoms. The predicted octanol–water partition coefficient (Wildman–Crippen LogP) is 2.64. The lowest BCUT2D eigenvalue weighted by Crippen LogP contribution is -2.27. The smallest absolute Gasteiger partial charge is 0.308 e. The first-order chi connectivity index (χ1) is 9.60. The Bertz CT molecular complexity index is 533. The van der Waals surface area contributed by atoms with Crippen LogP contribution in [0.25, 0.3) is 0 Å². The average Bonchev–Trinajstić information content (AvgIpc) is 2.32. The summed E-state index contributed by atoms with van der Waals surface area (Å²) in [6.45, 7) is 8.22. The Morgan fingerprint density at radius 3 is 2.38 bits per heavy atom. The summed E-state index contributed by atoms with van der Waals surface area (Å²) in [6.07, 6.45) is 0.591. The largest absolute Gasteiger partial charge is 0.481 e. The maximum Gasteiger partial charge on any atom is 0.308 e. The Labute approximate surface area is 125 Å². The second-order valence-corrected chi connectivity index (χ2v) is 6.57. The molecule has 1 unspecified atom stereocenters. The lowest BCUT2D eigenvalue weighted by Gasteiger charge is -2.23. The normalized spacial score (nSPS) is 12.8. The molecule has 4 N–H and O–H groups in total. The number of rotatable bonds is 6. The summed E-state index contributed by atoms with van der Waals surface area (Å²) in [6, 6.07) is 5.19. The molecule has 0 spiro atoms. The average molecular weight is 292 g/mol. The number of aliphatic carboxylic acids is 1. The number of primary amides is 1. The Balaban J connectivity index is 2.75. The zero-order valence-corrected chi connectivity index (χ0v) is 13.1. The molecule has 0 aliphatic heterocycles. The molecule has 1 aromatic rings. The van der Waals surface area contributed by atoms with Gasteiger partial charge in [-0.1, -0.05) is 20.8 Å². The molecular formula is C16H24N2O3. The van der Waals surface area contributed by atoms with Crippen LogP contribution in [0, 0.1) is 18.3 Å². The van der Waals surface area contributed by atoms with E-state index in [-0.39, 0.29) is 5.41 Å². The summed E-state index contributed by atoms with van der Waals surface area (Å²) in [4.78, 5) is 22.5. The third-order valence-corrected chi connectivity index (χ3v) is 3.25. The minimum absolute atomic E-state index is 0.0452. The van der Waals surface area contributed by atoms with Gasteiger partial charge >= 0.3 is 5.97 Å². The number of nitrogens with one attached hydrogen (secondary N) is 1. The van der Waals surface area contributed by atoms with Crippen molar-refractivity contribution < 1.29 is 14.7 Å². The van der Waals surface area contributed by atoms with Crippen LogP contribution in [0.3, 0.4) is 0 Å². The molecule has 0 radical (unpaired) electrons. The molecular weight excluding hydrogens is 268 g/mol. The van der Waals surface area contributed by atoms with Crippen LogP contribution < -0.4 is 11.1 Å². The number of amides is 1. The number of carboxylic acids is 1. The Hall–Kier alpha value is -2.04. The molecule has 0 saturated carbocycles. The van der Waals surface area contributed by atoms with E-state index in [4.69, 9.17) is 5.73 Å². The van der Waals surface area contributed by atoms with Crippen molar-refractivity contribution in [2.75, 3.05) is 11.9 Å². The van der Waals surface area contributed by atoms with Crippen molar-refractivity contribution in [1.29, 1.82) is 0 Å². The van der Waals surface area contributed by atoms with Gasteiger partial charge in [0, 0.05) is 17.8 Å². The molecule has 116 valence electrons. The summed E-state index contributed by atoms with van der Waals surface area (Å²) in [7, 11) is 0. The molecule has 1 atom stereocenters. The summed E-state index contributed by atoms with van der Waals surface area (Å²) in [5.74, 6) is -1.72. The van der Waals surface area contributed by atoms with Gasteiger partial charge in [0.05, 0.1) is 5.92 Å². The van der Waals surface area contributed by atoms with Crippen LogP contribution in [0.5, 0.6) is 0 Å². The SMILES string of the molecule is Cc1cc(NCC(CC(C)(C)C)C(=O)O)ccc1C(N)=O. The van der Waals surface area contributed by atoms with E-state index in [0.717, 1.165) is 11.3 Å². The first kappa shape index (κ1) is 17.0. The van der Waals surface area contributed by atoms with Crippen molar-refractivity contribution in [3.63, 3.8) is 0 Å². The number of carboxylic acid groups (broad SMARTS) is 1. The number of benzene rings is 1. The van der Waals surface area contributed by atoms with E-state index in [1.54, 1.807) is 25.1 Å². The van der Waals surface area contributed by atoms with Crippen molar-refractivity contribution in [3.05, 3.63) is 29.3 Å². The minimum atomic E-state index is -0.803. The van der Waals surface area contributed by atoms with Crippen molar-refractivity contribution in [2.45, 2.75) is 34.1 Å². The van der Waals surface area contributed by atoms with E-state index in [1.165, 1.54) is 0 Å². The van der Waals surface area contributed by atoms with Crippen LogP contribution in [0.15, 0.2) is 18.2 Å². The first-order valence-corrected chi connectivity index (χ1v) is 6.97. The van der Waals surface area contributed by atoms with E-state index >= 15 is 0 Å². The van der Waals surface area contributed by atoms with Gasteiger partial charge in [0.15, 0.2) is 0 Å². The molecule has 1 amide bonds. The van der Waals surface area contributed by atoms with Crippen molar-refractivity contribution in [3.8, 4) is 0 Å². The minimum Gasteiger partial charge on any atom is -0.481 e. The monoisotopic (exact) mass is 292 g/mol. The highest BCUT2D eigenvalue weighted by Gasteiger charge is 2.24. The summed E-state index contributed by atoms with van der Waals surface area (Å²) in [5, 5.41) is 12.4. The Kier molecular flexibility index (Phi) is 5.35. The molecule has 0 bridgehead atoms. The number of carbonyl (C=O) groups excluding carboxylic acids is 1. The van der Waals surface area contributed by atoms with Crippen molar-refractivity contribution in [2.24, 2.45) is 17.1 Å². The van der Waals surface area contributed by atoms with Gasteiger partial charge in [-0.15, -0.1) is 0 Å². The van der Waals surface area contributed by atoms with Crippen LogP contribution in [-0.2, 0) is 4.79 Å². The number of nitrogens with two attached hydrogens (primary N) is 1. The molecule has 0 fully saturated rings. The Morgan fingerprint density at radius 1 is 1.33 bits per heavy atom. The van der Waals surface area contributed by atoms with E-state index in [9.17, 15) is 14.7 Å². The van der Waals surface area contributed by atoms with E-state index in [1.807, 2.05) is 20.8 Å². The summed E-state index contributed by atoms with van der Waals surface area (Å²) in [5.41, 5.74) is 7.25. The third kappa shape index (κ3) is 5.45. The van der Waals surface area contributed by atoms with E-state index in [0.29, 0.717) is 18.5 Å². The second-order valence-electron chi connectivity index (χ2n) is 6.57. The fourth-order valence-corrected chi connectivity index (χ4v) is 2.28. The van der Waals surface area contributed by atoms with Crippen LogP contribution >= 0.6 is 0 Å². The molecule has 0 heterocycles. The molecule has 0 saturated heterocycles. The van der Waals surface area contributed by atoms with Gasteiger partial charge in [-0.3, -0.25) is 9.59 Å². The van der Waals surface area contributed by atoms with Gasteiger partial charge in [-0.25, -0.2) is 0 Å². The van der Waals surface area contributed by atoms with Crippen LogP contribution in [0.1, 0.15) is 43.1 Å². The molecule has 21 heavy (non-hydrogen) atoms. The van der Waals surface area contributed by atoms with Crippen molar-refractivity contribution in [1.82, 2.24) is 0 Å². The molecule has 1 aromatic carbocycles. The fraction of sp³-hybridized carbons (Fsp3) is 0.500. The van der Waals surface area contributed by atoms with Crippen LogP contribution in [0.2, 0.25) is 0 Å². The van der Waals surface area contributed by atoms with Crippen molar-refractivity contribution >= 4 is 17.6 Å². The molecule has 0 aromatic heterocycles. The topological polar surface area (TPSA) is 92.4 Å². The number of aryl methyl sites for hydroxylation is 1.